The number of nitrogens with zero attached hydrogens (tertiary/aromatic N) is 3. The summed E-state index contributed by atoms with van der Waals surface area (Å²) in [6.45, 7) is 4.21. The quantitative estimate of drug-likeness (QED) is 0.682. The van der Waals surface area contributed by atoms with Crippen LogP contribution in [0.25, 0.3) is 11.0 Å². The van der Waals surface area contributed by atoms with E-state index in [1.54, 1.807) is 11.8 Å². The number of benzene rings is 1. The summed E-state index contributed by atoms with van der Waals surface area (Å²) in [5.74, 6) is 1.80. The van der Waals surface area contributed by atoms with Crippen molar-refractivity contribution in [1.29, 1.82) is 0 Å². The van der Waals surface area contributed by atoms with Crippen molar-refractivity contribution in [2.75, 3.05) is 5.75 Å². The van der Waals surface area contributed by atoms with Gasteiger partial charge in [-0.2, -0.15) is 0 Å². The normalized spacial score (nSPS) is 11.3. The van der Waals surface area contributed by atoms with Gasteiger partial charge in [-0.25, -0.2) is 4.98 Å². The second kappa shape index (κ2) is 7.38. The van der Waals surface area contributed by atoms with Crippen LogP contribution < -0.4 is 0 Å². The smallest absolute Gasteiger partial charge is 0.171 e. The molecule has 120 valence electrons. The van der Waals surface area contributed by atoms with Crippen LogP contribution in [-0.4, -0.2) is 25.4 Å². The van der Waals surface area contributed by atoms with Crippen molar-refractivity contribution in [3.05, 3.63) is 47.8 Å². The Morgan fingerprint density at radius 2 is 2.00 bits per heavy atom. The topological polar surface area (TPSA) is 50.9 Å². The number of para-hydroxylation sites is 2. The van der Waals surface area contributed by atoms with Crippen LogP contribution in [0.1, 0.15) is 18.2 Å². The molecular weight excluding hydrogens is 326 g/mol. The van der Waals surface area contributed by atoms with Crippen molar-refractivity contribution in [1.82, 2.24) is 14.5 Å². The first-order valence-corrected chi connectivity index (χ1v) is 9.48. The van der Waals surface area contributed by atoms with E-state index in [1.807, 2.05) is 46.8 Å². The lowest BCUT2D eigenvalue weighted by Gasteiger charge is -2.09. The number of hydrogen-bond donors (Lipinski definition) is 1. The third-order valence-corrected chi connectivity index (χ3v) is 5.69. The zero-order valence-electron chi connectivity index (χ0n) is 13.2. The van der Waals surface area contributed by atoms with Crippen LogP contribution in [0.2, 0.25) is 0 Å². The predicted molar refractivity (Wildman–Crippen MR) is 96.9 cm³/mol. The van der Waals surface area contributed by atoms with E-state index >= 15 is 0 Å². The van der Waals surface area contributed by atoms with E-state index in [9.17, 15) is 5.11 Å². The van der Waals surface area contributed by atoms with Gasteiger partial charge in [0.2, 0.25) is 0 Å². The zero-order valence-corrected chi connectivity index (χ0v) is 14.8. The van der Waals surface area contributed by atoms with E-state index in [1.165, 1.54) is 10.5 Å². The molecule has 0 saturated heterocycles. The van der Waals surface area contributed by atoms with Gasteiger partial charge in [-0.3, -0.25) is 9.55 Å². The summed E-state index contributed by atoms with van der Waals surface area (Å²) < 4.78 is 1.83. The summed E-state index contributed by atoms with van der Waals surface area (Å²) in [5, 5.41) is 10.5. The number of aliphatic hydroxyl groups is 1. The average Bonchev–Trinajstić information content (AvgIpc) is 2.93. The van der Waals surface area contributed by atoms with E-state index in [2.05, 4.69) is 29.9 Å². The fourth-order valence-electron chi connectivity index (χ4n) is 2.45. The maximum atomic E-state index is 9.66. The first kappa shape index (κ1) is 16.4. The van der Waals surface area contributed by atoms with Gasteiger partial charge in [0.15, 0.2) is 5.16 Å². The van der Waals surface area contributed by atoms with Gasteiger partial charge in [0.1, 0.15) is 6.73 Å². The van der Waals surface area contributed by atoms with Crippen molar-refractivity contribution in [2.45, 2.75) is 36.4 Å². The molecule has 3 aromatic rings. The Hall–Kier alpha value is -1.50. The molecular formula is C17H19N3OS2. The number of hydrogen-bond acceptors (Lipinski definition) is 5. The molecule has 0 aliphatic rings. The summed E-state index contributed by atoms with van der Waals surface area (Å²) in [6, 6.07) is 9.93. The Labute approximate surface area is 144 Å². The van der Waals surface area contributed by atoms with Gasteiger partial charge >= 0.3 is 0 Å². The Morgan fingerprint density at radius 3 is 2.78 bits per heavy atom. The van der Waals surface area contributed by atoms with Crippen molar-refractivity contribution in [3.8, 4) is 0 Å². The van der Waals surface area contributed by atoms with Gasteiger partial charge in [-0.15, -0.1) is 11.8 Å². The molecule has 3 rings (SSSR count). The van der Waals surface area contributed by atoms with Gasteiger partial charge in [0.05, 0.1) is 16.7 Å². The lowest BCUT2D eigenvalue weighted by molar-refractivity contribution is 0.205. The monoisotopic (exact) mass is 345 g/mol. The Kier molecular flexibility index (Phi) is 5.25. The Balaban J connectivity index is 1.85. The third-order valence-electron chi connectivity index (χ3n) is 3.66. The van der Waals surface area contributed by atoms with Crippen molar-refractivity contribution < 1.29 is 5.11 Å². The standard InChI is InChI=1S/C17H19N3OS2/c1-3-22-16-8-9-18-14(12(16)2)10-23-17-19-13-6-4-5-7-15(13)20(17)11-21/h4-9,21H,3,10-11H2,1-2H3. The summed E-state index contributed by atoms with van der Waals surface area (Å²) in [6.07, 6.45) is 1.87. The molecule has 0 saturated carbocycles. The zero-order chi connectivity index (χ0) is 16.2. The largest absolute Gasteiger partial charge is 0.376 e. The van der Waals surface area contributed by atoms with Crippen LogP contribution in [0.3, 0.4) is 0 Å². The highest BCUT2D eigenvalue weighted by atomic mass is 32.2. The van der Waals surface area contributed by atoms with Gasteiger partial charge in [-0.1, -0.05) is 30.8 Å². The van der Waals surface area contributed by atoms with Gasteiger partial charge in [0.25, 0.3) is 0 Å². The minimum atomic E-state index is -0.0685. The van der Waals surface area contributed by atoms with Crippen LogP contribution in [0, 0.1) is 6.92 Å². The molecule has 0 bridgehead atoms. The van der Waals surface area contributed by atoms with Crippen LogP contribution in [0.4, 0.5) is 0 Å². The van der Waals surface area contributed by atoms with E-state index in [0.717, 1.165) is 33.4 Å². The average molecular weight is 345 g/mol. The number of rotatable bonds is 6. The molecule has 2 aromatic heterocycles. The first-order chi connectivity index (χ1) is 11.2. The molecule has 6 heteroatoms. The fraction of sp³-hybridized carbons (Fsp3) is 0.294. The van der Waals surface area contributed by atoms with Gasteiger partial charge in [0, 0.05) is 16.8 Å². The molecule has 0 amide bonds. The van der Waals surface area contributed by atoms with Crippen molar-refractivity contribution >= 4 is 34.6 Å². The Morgan fingerprint density at radius 1 is 1.17 bits per heavy atom. The number of pyridine rings is 1. The number of aliphatic hydroxyl groups excluding tert-OH is 1. The molecule has 0 aliphatic heterocycles. The SMILES string of the molecule is CCSc1ccnc(CSc2nc3ccccc3n2CO)c1C. The summed E-state index contributed by atoms with van der Waals surface area (Å²) in [4.78, 5) is 10.4. The van der Waals surface area contributed by atoms with E-state index in [0.29, 0.717) is 0 Å². The molecule has 1 aromatic carbocycles. The van der Waals surface area contributed by atoms with E-state index < -0.39 is 0 Å². The second-order valence-corrected chi connectivity index (χ2v) is 7.30. The molecule has 0 aliphatic carbocycles. The molecule has 0 unspecified atom stereocenters. The number of imidazole rings is 1. The number of aromatic nitrogens is 3. The van der Waals surface area contributed by atoms with Crippen molar-refractivity contribution in [2.24, 2.45) is 0 Å². The first-order valence-electron chi connectivity index (χ1n) is 7.50. The van der Waals surface area contributed by atoms with Crippen LogP contribution in [0.5, 0.6) is 0 Å². The molecule has 1 N–H and O–H groups in total. The molecule has 0 atom stereocenters. The number of fused-ring (bicyclic) bond motifs is 1. The lowest BCUT2D eigenvalue weighted by Crippen LogP contribution is -2.00. The molecule has 4 nitrogen and oxygen atoms in total. The highest BCUT2D eigenvalue weighted by Gasteiger charge is 2.12. The summed E-state index contributed by atoms with van der Waals surface area (Å²) in [7, 11) is 0. The fourth-order valence-corrected chi connectivity index (χ4v) is 4.28. The van der Waals surface area contributed by atoms with Gasteiger partial charge < -0.3 is 5.11 Å². The van der Waals surface area contributed by atoms with Crippen LogP contribution in [0.15, 0.2) is 46.6 Å². The molecule has 0 radical (unpaired) electrons. The van der Waals surface area contributed by atoms with Crippen LogP contribution >= 0.6 is 23.5 Å². The highest BCUT2D eigenvalue weighted by Crippen LogP contribution is 2.29. The molecule has 0 fully saturated rings. The summed E-state index contributed by atoms with van der Waals surface area (Å²) in [5.41, 5.74) is 4.17. The number of thioether (sulfide) groups is 2. The van der Waals surface area contributed by atoms with E-state index in [4.69, 9.17) is 0 Å². The maximum Gasteiger partial charge on any atom is 0.171 e. The molecule has 23 heavy (non-hydrogen) atoms. The lowest BCUT2D eigenvalue weighted by atomic mass is 10.2. The van der Waals surface area contributed by atoms with E-state index in [-0.39, 0.29) is 6.73 Å². The second-order valence-electron chi connectivity index (χ2n) is 5.06. The van der Waals surface area contributed by atoms with Crippen LogP contribution in [-0.2, 0) is 12.5 Å². The summed E-state index contributed by atoms with van der Waals surface area (Å²) >= 11 is 3.45. The molecule has 2 heterocycles. The maximum absolute atomic E-state index is 9.66. The minimum Gasteiger partial charge on any atom is -0.376 e. The van der Waals surface area contributed by atoms with Crippen molar-refractivity contribution in [3.63, 3.8) is 0 Å². The highest BCUT2D eigenvalue weighted by molar-refractivity contribution is 7.99. The third kappa shape index (κ3) is 3.39. The Bertz CT molecular complexity index is 817. The predicted octanol–water partition coefficient (Wildman–Crippen LogP) is 4.09. The minimum absolute atomic E-state index is 0.0685. The van der Waals surface area contributed by atoms with Gasteiger partial charge in [-0.05, 0) is 36.4 Å². The molecule has 0 spiro atoms.